The normalized spacial score (nSPS) is 10.3. The van der Waals surface area contributed by atoms with Crippen molar-refractivity contribution in [2.45, 2.75) is 13.0 Å². The van der Waals surface area contributed by atoms with Crippen molar-refractivity contribution in [3.8, 4) is 0 Å². The smallest absolute Gasteiger partial charge is 0.307 e. The van der Waals surface area contributed by atoms with E-state index in [0.29, 0.717) is 16.6 Å². The lowest BCUT2D eigenvalue weighted by Gasteiger charge is -2.09. The lowest BCUT2D eigenvalue weighted by atomic mass is 10.1. The van der Waals surface area contributed by atoms with Gasteiger partial charge in [0.2, 0.25) is 0 Å². The van der Waals surface area contributed by atoms with E-state index >= 15 is 0 Å². The monoisotopic (exact) mass is 309 g/mol. The van der Waals surface area contributed by atoms with E-state index in [0.717, 1.165) is 16.8 Å². The Kier molecular flexibility index (Phi) is 4.88. The number of carbonyl (C=O) groups is 1. The summed E-state index contributed by atoms with van der Waals surface area (Å²) in [4.78, 5) is 10.6. The number of rotatable bonds is 5. The highest BCUT2D eigenvalue weighted by Gasteiger charge is 2.03. The summed E-state index contributed by atoms with van der Waals surface area (Å²) < 4.78 is 0. The molecule has 2 N–H and O–H groups in total. The van der Waals surface area contributed by atoms with Crippen molar-refractivity contribution in [1.29, 1.82) is 0 Å². The number of carboxylic acids is 1. The third-order valence-corrected chi connectivity index (χ3v) is 3.39. The van der Waals surface area contributed by atoms with Crippen molar-refractivity contribution < 1.29 is 9.90 Å². The molecule has 3 nitrogen and oxygen atoms in total. The van der Waals surface area contributed by atoms with E-state index in [9.17, 15) is 4.79 Å². The van der Waals surface area contributed by atoms with Gasteiger partial charge in [-0.3, -0.25) is 4.79 Å². The lowest BCUT2D eigenvalue weighted by Crippen LogP contribution is -2.02. The summed E-state index contributed by atoms with van der Waals surface area (Å²) in [7, 11) is 0. The Hall–Kier alpha value is -1.71. The molecule has 0 saturated carbocycles. The molecule has 20 heavy (non-hydrogen) atoms. The summed E-state index contributed by atoms with van der Waals surface area (Å²) in [6.45, 7) is 0.578. The molecule has 0 spiro atoms. The van der Waals surface area contributed by atoms with Gasteiger partial charge in [0.1, 0.15) is 0 Å². The fourth-order valence-corrected chi connectivity index (χ4v) is 2.25. The van der Waals surface area contributed by atoms with Gasteiger partial charge in [-0.2, -0.15) is 0 Å². The minimum Gasteiger partial charge on any atom is -0.481 e. The molecular formula is C15H13Cl2NO2. The molecule has 0 aliphatic rings. The van der Waals surface area contributed by atoms with Crippen molar-refractivity contribution in [3.63, 3.8) is 0 Å². The Labute approximate surface area is 127 Å². The molecular weight excluding hydrogens is 297 g/mol. The molecule has 0 atom stereocenters. The summed E-state index contributed by atoms with van der Waals surface area (Å²) >= 11 is 11.9. The zero-order valence-corrected chi connectivity index (χ0v) is 12.1. The van der Waals surface area contributed by atoms with Crippen LogP contribution in [-0.2, 0) is 17.8 Å². The van der Waals surface area contributed by atoms with Gasteiger partial charge in [-0.1, -0.05) is 41.4 Å². The third kappa shape index (κ3) is 4.15. The van der Waals surface area contributed by atoms with Crippen molar-refractivity contribution in [2.24, 2.45) is 0 Å². The standard InChI is InChI=1S/C15H13Cl2NO2/c16-12-4-3-11(14(17)8-12)9-18-13-5-1-10(2-6-13)7-15(19)20/h1-6,8,18H,7,9H2,(H,19,20). The van der Waals surface area contributed by atoms with Gasteiger partial charge in [0.25, 0.3) is 0 Å². The summed E-state index contributed by atoms with van der Waals surface area (Å²) in [5.74, 6) is -0.835. The topological polar surface area (TPSA) is 49.3 Å². The van der Waals surface area contributed by atoms with Crippen LogP contribution in [0.2, 0.25) is 10.0 Å². The third-order valence-electron chi connectivity index (χ3n) is 2.81. The molecule has 0 aliphatic carbocycles. The van der Waals surface area contributed by atoms with E-state index < -0.39 is 5.97 Å². The molecule has 0 saturated heterocycles. The highest BCUT2D eigenvalue weighted by atomic mass is 35.5. The second-order valence-corrected chi connectivity index (χ2v) is 5.20. The van der Waals surface area contributed by atoms with Crippen molar-refractivity contribution in [2.75, 3.05) is 5.32 Å². The number of hydrogen-bond donors (Lipinski definition) is 2. The van der Waals surface area contributed by atoms with Gasteiger partial charge in [0.15, 0.2) is 0 Å². The average Bonchev–Trinajstić information content (AvgIpc) is 2.39. The molecule has 104 valence electrons. The zero-order chi connectivity index (χ0) is 14.5. The number of anilines is 1. The van der Waals surface area contributed by atoms with Gasteiger partial charge in [0.05, 0.1) is 6.42 Å². The summed E-state index contributed by atoms with van der Waals surface area (Å²) in [5, 5.41) is 13.2. The van der Waals surface area contributed by atoms with Gasteiger partial charge in [-0.05, 0) is 35.4 Å². The first kappa shape index (κ1) is 14.7. The molecule has 0 amide bonds. The maximum Gasteiger partial charge on any atom is 0.307 e. The lowest BCUT2D eigenvalue weighted by molar-refractivity contribution is -0.136. The van der Waals surface area contributed by atoms with E-state index in [4.69, 9.17) is 28.3 Å². The van der Waals surface area contributed by atoms with Gasteiger partial charge in [0, 0.05) is 22.3 Å². The zero-order valence-electron chi connectivity index (χ0n) is 10.6. The Bertz CT molecular complexity index is 612. The van der Waals surface area contributed by atoms with Gasteiger partial charge in [-0.25, -0.2) is 0 Å². The number of benzene rings is 2. The first-order valence-corrected chi connectivity index (χ1v) is 6.79. The average molecular weight is 310 g/mol. The summed E-state index contributed by atoms with van der Waals surface area (Å²) in [6, 6.07) is 12.6. The SMILES string of the molecule is O=C(O)Cc1ccc(NCc2ccc(Cl)cc2Cl)cc1. The van der Waals surface area contributed by atoms with Crippen LogP contribution < -0.4 is 5.32 Å². The van der Waals surface area contributed by atoms with Crippen LogP contribution in [-0.4, -0.2) is 11.1 Å². The molecule has 0 fully saturated rings. The van der Waals surface area contributed by atoms with E-state index in [2.05, 4.69) is 5.32 Å². The van der Waals surface area contributed by atoms with Gasteiger partial charge in [-0.15, -0.1) is 0 Å². The maximum absolute atomic E-state index is 10.6. The van der Waals surface area contributed by atoms with Crippen LogP contribution in [0.1, 0.15) is 11.1 Å². The van der Waals surface area contributed by atoms with Gasteiger partial charge < -0.3 is 10.4 Å². The quantitative estimate of drug-likeness (QED) is 0.869. The summed E-state index contributed by atoms with van der Waals surface area (Å²) in [6.07, 6.45) is 0.0310. The van der Waals surface area contributed by atoms with Crippen molar-refractivity contribution in [3.05, 3.63) is 63.6 Å². The molecule has 2 aromatic carbocycles. The van der Waals surface area contributed by atoms with Crippen LogP contribution >= 0.6 is 23.2 Å². The van der Waals surface area contributed by atoms with Crippen LogP contribution in [0.15, 0.2) is 42.5 Å². The van der Waals surface area contributed by atoms with Crippen LogP contribution in [0.4, 0.5) is 5.69 Å². The molecule has 0 radical (unpaired) electrons. The molecule has 2 aromatic rings. The number of halogens is 2. The largest absolute Gasteiger partial charge is 0.481 e. The first-order valence-electron chi connectivity index (χ1n) is 6.03. The Morgan fingerprint density at radius 2 is 1.80 bits per heavy atom. The fraction of sp³-hybridized carbons (Fsp3) is 0.133. The van der Waals surface area contributed by atoms with E-state index in [1.54, 1.807) is 24.3 Å². The van der Waals surface area contributed by atoms with Gasteiger partial charge >= 0.3 is 5.97 Å². The highest BCUT2D eigenvalue weighted by molar-refractivity contribution is 6.35. The second kappa shape index (κ2) is 6.64. The number of nitrogens with one attached hydrogen (secondary N) is 1. The van der Waals surface area contributed by atoms with E-state index in [-0.39, 0.29) is 6.42 Å². The molecule has 2 rings (SSSR count). The molecule has 0 unspecified atom stereocenters. The molecule has 0 heterocycles. The van der Waals surface area contributed by atoms with Crippen molar-refractivity contribution in [1.82, 2.24) is 0 Å². The Balaban J connectivity index is 1.98. The van der Waals surface area contributed by atoms with E-state index in [1.165, 1.54) is 0 Å². The molecule has 0 aromatic heterocycles. The predicted molar refractivity (Wildman–Crippen MR) is 81.6 cm³/mol. The highest BCUT2D eigenvalue weighted by Crippen LogP contribution is 2.22. The van der Waals surface area contributed by atoms with Crippen LogP contribution in [0, 0.1) is 0 Å². The minimum atomic E-state index is -0.835. The second-order valence-electron chi connectivity index (χ2n) is 4.36. The number of hydrogen-bond acceptors (Lipinski definition) is 2. The maximum atomic E-state index is 10.6. The molecule has 0 aliphatic heterocycles. The molecule has 0 bridgehead atoms. The Morgan fingerprint density at radius 3 is 2.40 bits per heavy atom. The van der Waals surface area contributed by atoms with Crippen molar-refractivity contribution >= 4 is 34.9 Å². The van der Waals surface area contributed by atoms with E-state index in [1.807, 2.05) is 18.2 Å². The predicted octanol–water partition coefficient (Wildman–Crippen LogP) is 4.23. The fourth-order valence-electron chi connectivity index (χ4n) is 1.78. The molecule has 5 heteroatoms. The van der Waals surface area contributed by atoms with Crippen LogP contribution in [0.3, 0.4) is 0 Å². The Morgan fingerprint density at radius 1 is 1.10 bits per heavy atom. The number of aliphatic carboxylic acids is 1. The first-order chi connectivity index (χ1) is 9.54. The summed E-state index contributed by atoms with van der Waals surface area (Å²) in [5.41, 5.74) is 2.63. The van der Waals surface area contributed by atoms with Crippen LogP contribution in [0.5, 0.6) is 0 Å². The number of carboxylic acid groups (broad SMARTS) is 1. The van der Waals surface area contributed by atoms with Crippen LogP contribution in [0.25, 0.3) is 0 Å². The minimum absolute atomic E-state index is 0.0310.